The molecule has 1 fully saturated rings. The van der Waals surface area contributed by atoms with Gasteiger partial charge >= 0.3 is 0 Å². The van der Waals surface area contributed by atoms with Crippen molar-refractivity contribution in [3.63, 3.8) is 0 Å². The number of likely N-dealkylation sites (tertiary alicyclic amines) is 1. The predicted molar refractivity (Wildman–Crippen MR) is 108 cm³/mol. The molecule has 0 N–H and O–H groups in total. The van der Waals surface area contributed by atoms with Crippen LogP contribution in [0.1, 0.15) is 34.3 Å². The molecule has 148 valence electrons. The summed E-state index contributed by atoms with van der Waals surface area (Å²) < 4.78 is 10.9. The lowest BCUT2D eigenvalue weighted by atomic mass is 9.89. The Morgan fingerprint density at radius 2 is 1.71 bits per heavy atom. The second kappa shape index (κ2) is 8.91. The molecule has 1 amide bonds. The number of carbonyl (C=O) groups excluding carboxylic acids is 2. The number of hydrogen-bond donors (Lipinski definition) is 0. The summed E-state index contributed by atoms with van der Waals surface area (Å²) in [7, 11) is 1.60. The Hall–Kier alpha value is -2.82. The fraction of sp³-hybridized carbons (Fsp3) is 0.391. The molecule has 0 atom stereocenters. The van der Waals surface area contributed by atoms with Crippen molar-refractivity contribution in [2.24, 2.45) is 5.92 Å². The SMILES string of the molecule is COc1ccc(C(=O)C2CCN(C(=O)COc3cc(C)ccc3C)CC2)cc1. The van der Waals surface area contributed by atoms with Crippen LogP contribution < -0.4 is 9.47 Å². The van der Waals surface area contributed by atoms with Gasteiger partial charge in [0, 0.05) is 24.6 Å². The molecule has 3 rings (SSSR count). The lowest BCUT2D eigenvalue weighted by Crippen LogP contribution is -2.42. The van der Waals surface area contributed by atoms with E-state index in [1.54, 1.807) is 36.3 Å². The van der Waals surface area contributed by atoms with Crippen LogP contribution in [0.15, 0.2) is 42.5 Å². The maximum absolute atomic E-state index is 12.7. The first kappa shape index (κ1) is 19.9. The summed E-state index contributed by atoms with van der Waals surface area (Å²) in [6.07, 6.45) is 1.36. The number of ether oxygens (including phenoxy) is 2. The van der Waals surface area contributed by atoms with Crippen molar-refractivity contribution in [2.75, 3.05) is 26.8 Å². The molecule has 1 heterocycles. The van der Waals surface area contributed by atoms with E-state index < -0.39 is 0 Å². The minimum atomic E-state index is -0.0441. The number of methoxy groups -OCH3 is 1. The van der Waals surface area contributed by atoms with Crippen molar-refractivity contribution in [1.82, 2.24) is 4.90 Å². The number of piperidine rings is 1. The van der Waals surface area contributed by atoms with Gasteiger partial charge in [0.1, 0.15) is 11.5 Å². The number of Topliss-reactive ketones (excluding diaryl/α,β-unsaturated/α-hetero) is 1. The highest BCUT2D eigenvalue weighted by Gasteiger charge is 2.28. The summed E-state index contributed by atoms with van der Waals surface area (Å²) in [4.78, 5) is 27.0. The zero-order valence-electron chi connectivity index (χ0n) is 16.7. The van der Waals surface area contributed by atoms with Crippen LogP contribution >= 0.6 is 0 Å². The molecular weight excluding hydrogens is 354 g/mol. The van der Waals surface area contributed by atoms with Gasteiger partial charge in [0.15, 0.2) is 12.4 Å². The van der Waals surface area contributed by atoms with Crippen molar-refractivity contribution < 1.29 is 19.1 Å². The van der Waals surface area contributed by atoms with E-state index >= 15 is 0 Å². The second-order valence-corrected chi connectivity index (χ2v) is 7.31. The molecule has 5 nitrogen and oxygen atoms in total. The smallest absolute Gasteiger partial charge is 0.260 e. The third-order valence-corrected chi connectivity index (χ3v) is 5.29. The third-order valence-electron chi connectivity index (χ3n) is 5.29. The number of benzene rings is 2. The van der Waals surface area contributed by atoms with Crippen molar-refractivity contribution in [2.45, 2.75) is 26.7 Å². The van der Waals surface area contributed by atoms with E-state index in [2.05, 4.69) is 0 Å². The van der Waals surface area contributed by atoms with E-state index in [1.807, 2.05) is 32.0 Å². The highest BCUT2D eigenvalue weighted by Crippen LogP contribution is 2.24. The van der Waals surface area contributed by atoms with E-state index in [0.29, 0.717) is 31.5 Å². The van der Waals surface area contributed by atoms with Crippen LogP contribution in [-0.4, -0.2) is 43.4 Å². The quantitative estimate of drug-likeness (QED) is 0.714. The maximum atomic E-state index is 12.7. The van der Waals surface area contributed by atoms with Gasteiger partial charge in [-0.25, -0.2) is 0 Å². The van der Waals surface area contributed by atoms with Crippen molar-refractivity contribution in [1.29, 1.82) is 0 Å². The fourth-order valence-electron chi connectivity index (χ4n) is 3.48. The van der Waals surface area contributed by atoms with Gasteiger partial charge in [-0.15, -0.1) is 0 Å². The Morgan fingerprint density at radius 1 is 1.04 bits per heavy atom. The van der Waals surface area contributed by atoms with Crippen molar-refractivity contribution in [3.05, 3.63) is 59.2 Å². The lowest BCUT2D eigenvalue weighted by molar-refractivity contribution is -0.134. The van der Waals surface area contributed by atoms with E-state index in [4.69, 9.17) is 9.47 Å². The molecule has 0 aliphatic carbocycles. The van der Waals surface area contributed by atoms with Gasteiger partial charge in [-0.05, 0) is 68.1 Å². The number of ketones is 1. The van der Waals surface area contributed by atoms with Crippen LogP contribution in [0.3, 0.4) is 0 Å². The highest BCUT2D eigenvalue weighted by atomic mass is 16.5. The van der Waals surface area contributed by atoms with Gasteiger partial charge < -0.3 is 14.4 Å². The normalized spacial score (nSPS) is 14.6. The van der Waals surface area contributed by atoms with Gasteiger partial charge in [-0.2, -0.15) is 0 Å². The minimum absolute atomic E-state index is 0.0292. The Kier molecular flexibility index (Phi) is 6.34. The Labute approximate surface area is 166 Å². The molecule has 0 saturated carbocycles. The number of amides is 1. The monoisotopic (exact) mass is 381 g/mol. The molecule has 0 radical (unpaired) electrons. The van der Waals surface area contributed by atoms with Crippen LogP contribution in [0.5, 0.6) is 11.5 Å². The minimum Gasteiger partial charge on any atom is -0.497 e. The number of rotatable bonds is 6. The van der Waals surface area contributed by atoms with Gasteiger partial charge in [-0.3, -0.25) is 9.59 Å². The number of hydrogen-bond acceptors (Lipinski definition) is 4. The Morgan fingerprint density at radius 3 is 2.36 bits per heavy atom. The first-order chi connectivity index (χ1) is 13.5. The van der Waals surface area contributed by atoms with Crippen molar-refractivity contribution in [3.8, 4) is 11.5 Å². The standard InChI is InChI=1S/C23H27NO4/c1-16-4-5-17(2)21(14-16)28-15-22(25)24-12-10-19(11-13-24)23(26)18-6-8-20(27-3)9-7-18/h4-9,14,19H,10-13,15H2,1-3H3. The first-order valence-electron chi connectivity index (χ1n) is 9.64. The fourth-order valence-corrected chi connectivity index (χ4v) is 3.48. The lowest BCUT2D eigenvalue weighted by Gasteiger charge is -2.31. The van der Waals surface area contributed by atoms with Crippen LogP contribution in [0.4, 0.5) is 0 Å². The van der Waals surface area contributed by atoms with E-state index in [0.717, 1.165) is 22.6 Å². The topological polar surface area (TPSA) is 55.8 Å². The Balaban J connectivity index is 1.50. The Bertz CT molecular complexity index is 836. The molecule has 2 aromatic carbocycles. The van der Waals surface area contributed by atoms with Gasteiger partial charge in [-0.1, -0.05) is 12.1 Å². The van der Waals surface area contributed by atoms with Crippen LogP contribution in [0.2, 0.25) is 0 Å². The summed E-state index contributed by atoms with van der Waals surface area (Å²) in [5.41, 5.74) is 2.82. The van der Waals surface area contributed by atoms with Gasteiger partial charge in [0.25, 0.3) is 5.91 Å². The molecule has 0 spiro atoms. The molecular formula is C23H27NO4. The summed E-state index contributed by atoms with van der Waals surface area (Å²) in [5, 5.41) is 0. The second-order valence-electron chi connectivity index (χ2n) is 7.31. The van der Waals surface area contributed by atoms with E-state index in [1.165, 1.54) is 0 Å². The maximum Gasteiger partial charge on any atom is 0.260 e. The average Bonchev–Trinajstić information content (AvgIpc) is 2.73. The van der Waals surface area contributed by atoms with Crippen molar-refractivity contribution >= 4 is 11.7 Å². The molecule has 1 saturated heterocycles. The number of nitrogens with zero attached hydrogens (tertiary/aromatic N) is 1. The van der Waals surface area contributed by atoms with E-state index in [9.17, 15) is 9.59 Å². The molecule has 0 bridgehead atoms. The number of aryl methyl sites for hydroxylation is 2. The molecule has 0 unspecified atom stereocenters. The zero-order chi connectivity index (χ0) is 20.1. The first-order valence-corrected chi connectivity index (χ1v) is 9.64. The van der Waals surface area contributed by atoms with Gasteiger partial charge in [0.05, 0.1) is 7.11 Å². The predicted octanol–water partition coefficient (Wildman–Crippen LogP) is 3.81. The molecule has 2 aromatic rings. The summed E-state index contributed by atoms with van der Waals surface area (Å²) in [6, 6.07) is 13.2. The summed E-state index contributed by atoms with van der Waals surface area (Å²) in [6.45, 7) is 5.17. The molecule has 0 aromatic heterocycles. The van der Waals surface area contributed by atoms with E-state index in [-0.39, 0.29) is 24.2 Å². The van der Waals surface area contributed by atoms with Crippen LogP contribution in [0.25, 0.3) is 0 Å². The van der Waals surface area contributed by atoms with Gasteiger partial charge in [0.2, 0.25) is 0 Å². The van der Waals surface area contributed by atoms with Crippen LogP contribution in [0, 0.1) is 19.8 Å². The molecule has 5 heteroatoms. The molecule has 1 aliphatic heterocycles. The summed E-state index contributed by atoms with van der Waals surface area (Å²) in [5.74, 6) is 1.55. The largest absolute Gasteiger partial charge is 0.497 e. The highest BCUT2D eigenvalue weighted by molar-refractivity contribution is 5.98. The summed E-state index contributed by atoms with van der Waals surface area (Å²) >= 11 is 0. The van der Waals surface area contributed by atoms with Crippen LogP contribution in [-0.2, 0) is 4.79 Å². The third kappa shape index (κ3) is 4.71. The molecule has 1 aliphatic rings. The average molecular weight is 381 g/mol. The zero-order valence-corrected chi connectivity index (χ0v) is 16.7. The molecule has 28 heavy (non-hydrogen) atoms. The number of carbonyl (C=O) groups is 2.